The number of aromatic amines is 1. The smallest absolute Gasteiger partial charge is 0.238 e. The lowest BCUT2D eigenvalue weighted by Gasteiger charge is -2.08. The van der Waals surface area contributed by atoms with Crippen molar-refractivity contribution in [1.29, 1.82) is 15.8 Å². The number of nitrogens with one attached hydrogen (secondary N) is 2. The summed E-state index contributed by atoms with van der Waals surface area (Å²) in [5.41, 5.74) is 6.42. The first-order valence-electron chi connectivity index (χ1n) is 6.02. The molecule has 7 nitrogen and oxygen atoms in total. The molecule has 0 fully saturated rings. The van der Waals surface area contributed by atoms with E-state index < -0.39 is 0 Å². The van der Waals surface area contributed by atoms with Crippen molar-refractivity contribution in [2.75, 3.05) is 11.1 Å². The Balaban J connectivity index is 2.44. The zero-order valence-corrected chi connectivity index (χ0v) is 11.0. The van der Waals surface area contributed by atoms with E-state index in [-0.39, 0.29) is 23.4 Å². The Labute approximate surface area is 120 Å². The lowest BCUT2D eigenvalue weighted by molar-refractivity contribution is -0.344. The monoisotopic (exact) mass is 279 g/mol. The molecule has 2 rings (SSSR count). The Morgan fingerprint density at radius 1 is 1.24 bits per heavy atom. The molecule has 102 valence electrons. The number of anilines is 2. The van der Waals surface area contributed by atoms with Crippen LogP contribution in [0.3, 0.4) is 0 Å². The third-order valence-electron chi connectivity index (χ3n) is 2.88. The zero-order valence-electron chi connectivity index (χ0n) is 11.0. The summed E-state index contributed by atoms with van der Waals surface area (Å²) in [6.45, 7) is 0.343. The number of aromatic nitrogens is 1. The highest BCUT2D eigenvalue weighted by molar-refractivity contribution is 5.63. The normalized spacial score (nSPS) is 9.38. The Morgan fingerprint density at radius 3 is 2.57 bits per heavy atom. The van der Waals surface area contributed by atoms with Crippen LogP contribution in [0.4, 0.5) is 11.6 Å². The third-order valence-corrected chi connectivity index (χ3v) is 2.88. The van der Waals surface area contributed by atoms with Gasteiger partial charge in [-0.05, 0) is 12.1 Å². The molecular weight excluding hydrogens is 268 g/mol. The van der Waals surface area contributed by atoms with Crippen LogP contribution < -0.4 is 16.0 Å². The Hall–Kier alpha value is -3.50. The van der Waals surface area contributed by atoms with E-state index >= 15 is 0 Å². The fraction of sp³-hybridized carbons (Fsp3) is 0.143. The highest BCUT2D eigenvalue weighted by Crippen LogP contribution is 2.22. The van der Waals surface area contributed by atoms with Crippen LogP contribution in [0.5, 0.6) is 0 Å². The van der Waals surface area contributed by atoms with Gasteiger partial charge in [0, 0.05) is 5.56 Å². The summed E-state index contributed by atoms with van der Waals surface area (Å²) in [5, 5.41) is 30.3. The average Bonchev–Trinajstić information content (AvgIpc) is 2.99. The number of pyridine rings is 1. The first-order valence-corrected chi connectivity index (χ1v) is 6.02. The molecule has 2 aromatic rings. The van der Waals surface area contributed by atoms with Gasteiger partial charge in [-0.25, -0.2) is 4.98 Å². The minimum absolute atomic E-state index is 0.0693. The summed E-state index contributed by atoms with van der Waals surface area (Å²) in [7, 11) is 0. The molecule has 2 aromatic heterocycles. The molecule has 0 radical (unpaired) electrons. The second-order valence-electron chi connectivity index (χ2n) is 4.13. The Bertz CT molecular complexity index is 774. The molecule has 0 aliphatic rings. The van der Waals surface area contributed by atoms with Crippen molar-refractivity contribution in [3.8, 4) is 18.2 Å². The fourth-order valence-electron chi connectivity index (χ4n) is 1.93. The van der Waals surface area contributed by atoms with E-state index in [1.165, 1.54) is 0 Å². The van der Waals surface area contributed by atoms with E-state index in [1.807, 2.05) is 18.2 Å². The van der Waals surface area contributed by atoms with Gasteiger partial charge in [-0.15, -0.1) is 0 Å². The number of nitriles is 3. The van der Waals surface area contributed by atoms with Gasteiger partial charge < -0.3 is 10.2 Å². The summed E-state index contributed by atoms with van der Waals surface area (Å²) in [6.07, 6.45) is 1.47. The predicted molar refractivity (Wildman–Crippen MR) is 72.2 cm³/mol. The second-order valence-corrected chi connectivity index (χ2v) is 4.13. The second kappa shape index (κ2) is 6.10. The molecule has 21 heavy (non-hydrogen) atoms. The van der Waals surface area contributed by atoms with E-state index in [2.05, 4.69) is 10.3 Å². The maximum absolute atomic E-state index is 9.30. The number of rotatable bonds is 4. The van der Waals surface area contributed by atoms with Crippen LogP contribution in [0.15, 0.2) is 22.8 Å². The van der Waals surface area contributed by atoms with Gasteiger partial charge in [0.15, 0.2) is 0 Å². The minimum Gasteiger partial charge on any atom is -0.466 e. The van der Waals surface area contributed by atoms with E-state index in [1.54, 1.807) is 18.4 Å². The number of hydrogen-bond donors (Lipinski definition) is 2. The fourth-order valence-corrected chi connectivity index (χ4v) is 1.93. The van der Waals surface area contributed by atoms with Gasteiger partial charge in [-0.3, -0.25) is 5.32 Å². The van der Waals surface area contributed by atoms with Crippen LogP contribution in [0, 0.1) is 34.0 Å². The van der Waals surface area contributed by atoms with Gasteiger partial charge in [-0.2, -0.15) is 15.8 Å². The summed E-state index contributed by atoms with van der Waals surface area (Å²) >= 11 is 0. The summed E-state index contributed by atoms with van der Waals surface area (Å²) in [6, 6.07) is 9.38. The molecule has 0 aromatic carbocycles. The minimum atomic E-state index is -0.0693. The van der Waals surface area contributed by atoms with Crippen LogP contribution in [-0.4, -0.2) is 0 Å². The molecule has 7 heteroatoms. The average molecular weight is 279 g/mol. The molecule has 0 saturated carbocycles. The van der Waals surface area contributed by atoms with E-state index in [0.29, 0.717) is 23.7 Å². The molecule has 0 aliphatic heterocycles. The largest absolute Gasteiger partial charge is 0.466 e. The topological polar surface area (TPSA) is 137 Å². The first-order chi connectivity index (χ1) is 10.2. The molecule has 0 bridgehead atoms. The number of hydrogen-bond acceptors (Lipinski definition) is 6. The molecule has 4 N–H and O–H groups in total. The quantitative estimate of drug-likeness (QED) is 0.859. The number of furan rings is 1. The summed E-state index contributed by atoms with van der Waals surface area (Å²) < 4.78 is 5.19. The molecule has 0 saturated heterocycles. The predicted octanol–water partition coefficient (Wildman–Crippen LogP) is 1.10. The van der Waals surface area contributed by atoms with E-state index in [9.17, 15) is 5.26 Å². The Morgan fingerprint density at radius 2 is 2.00 bits per heavy atom. The van der Waals surface area contributed by atoms with Crippen molar-refractivity contribution >= 4 is 11.6 Å². The molecule has 0 amide bonds. The third kappa shape index (κ3) is 2.75. The SMILES string of the molecule is N#CCc1c(C#N)c(N)[nH+]c(NCc2ccco2)c1C#N. The van der Waals surface area contributed by atoms with Crippen LogP contribution in [0.25, 0.3) is 0 Å². The van der Waals surface area contributed by atoms with Gasteiger partial charge in [0.2, 0.25) is 11.6 Å². The van der Waals surface area contributed by atoms with Crippen LogP contribution in [-0.2, 0) is 13.0 Å². The van der Waals surface area contributed by atoms with Crippen LogP contribution in [0.2, 0.25) is 0 Å². The van der Waals surface area contributed by atoms with Crippen molar-refractivity contribution in [1.82, 2.24) is 0 Å². The Kier molecular flexibility index (Phi) is 4.04. The van der Waals surface area contributed by atoms with Gasteiger partial charge >= 0.3 is 0 Å². The number of nitrogens with zero attached hydrogens (tertiary/aromatic N) is 3. The molecular formula is C14H11N6O+. The lowest BCUT2D eigenvalue weighted by atomic mass is 10.0. The lowest BCUT2D eigenvalue weighted by Crippen LogP contribution is -2.22. The summed E-state index contributed by atoms with van der Waals surface area (Å²) in [5.74, 6) is 1.15. The van der Waals surface area contributed by atoms with Crippen molar-refractivity contribution in [2.24, 2.45) is 0 Å². The summed E-state index contributed by atoms with van der Waals surface area (Å²) in [4.78, 5) is 2.78. The highest BCUT2D eigenvalue weighted by Gasteiger charge is 2.21. The maximum Gasteiger partial charge on any atom is 0.238 e. The zero-order chi connectivity index (χ0) is 15.2. The van der Waals surface area contributed by atoms with Gasteiger partial charge in [0.1, 0.15) is 35.6 Å². The number of nitrogens with two attached hydrogens (primary N) is 1. The molecule has 2 heterocycles. The van der Waals surface area contributed by atoms with Crippen LogP contribution in [0.1, 0.15) is 22.5 Å². The van der Waals surface area contributed by atoms with Crippen molar-refractivity contribution in [3.05, 3.63) is 40.8 Å². The van der Waals surface area contributed by atoms with Crippen molar-refractivity contribution < 1.29 is 9.40 Å². The maximum atomic E-state index is 9.30. The van der Waals surface area contributed by atoms with E-state index in [0.717, 1.165) is 0 Å². The standard InChI is InChI=1S/C14H10N6O/c15-4-3-10-11(6-16)13(18)20-14(12(10)7-17)19-8-9-2-1-5-21-9/h1-2,5H,3,8H2,(H3,18,19,20)/p+1. The molecule has 0 spiro atoms. The van der Waals surface area contributed by atoms with E-state index in [4.69, 9.17) is 20.7 Å². The number of nitrogen functional groups attached to an aromatic ring is 1. The van der Waals surface area contributed by atoms with Gasteiger partial charge in [0.05, 0.1) is 18.8 Å². The van der Waals surface area contributed by atoms with Crippen molar-refractivity contribution in [3.63, 3.8) is 0 Å². The van der Waals surface area contributed by atoms with Crippen LogP contribution >= 0.6 is 0 Å². The number of H-pyrrole nitrogens is 1. The molecule has 0 aliphatic carbocycles. The molecule has 0 unspecified atom stereocenters. The van der Waals surface area contributed by atoms with Gasteiger partial charge in [0.25, 0.3) is 0 Å². The first kappa shape index (κ1) is 13.9. The highest BCUT2D eigenvalue weighted by atomic mass is 16.3. The molecule has 0 atom stereocenters. The van der Waals surface area contributed by atoms with Gasteiger partial charge in [-0.1, -0.05) is 0 Å². The van der Waals surface area contributed by atoms with Crippen molar-refractivity contribution in [2.45, 2.75) is 13.0 Å².